The predicted molar refractivity (Wildman–Crippen MR) is 70.5 cm³/mol. The van der Waals surface area contributed by atoms with Gasteiger partial charge in [0.2, 0.25) is 0 Å². The van der Waals surface area contributed by atoms with Gasteiger partial charge >= 0.3 is 22.8 Å². The maximum absolute atomic E-state index is 12.3. The molecule has 102 valence electrons. The smallest absolute Gasteiger partial charge is 0.254 e. The lowest BCUT2D eigenvalue weighted by Crippen LogP contribution is -2.06. The fraction of sp³-hybridized carbons (Fsp3) is 0.333. The van der Waals surface area contributed by atoms with Crippen LogP contribution in [-0.2, 0) is 26.6 Å². The topological polar surface area (TPSA) is 78.9 Å². The van der Waals surface area contributed by atoms with E-state index < -0.39 is 22.8 Å². The van der Waals surface area contributed by atoms with Crippen molar-refractivity contribution >= 4 is 22.8 Å². The maximum atomic E-state index is 12.3. The summed E-state index contributed by atoms with van der Waals surface area (Å²) < 4.78 is 51.6. The molecule has 0 atom stereocenters. The fourth-order valence-electron chi connectivity index (χ4n) is 0.887. The van der Waals surface area contributed by atoms with E-state index in [0.29, 0.717) is 0 Å². The Morgan fingerprint density at radius 3 is 0.944 bits per heavy atom. The van der Waals surface area contributed by atoms with Crippen LogP contribution < -0.4 is 0 Å². The predicted octanol–water partition coefficient (Wildman–Crippen LogP) is 5.23. The molecule has 6 nitrogen and oxygen atoms in total. The summed E-state index contributed by atoms with van der Waals surface area (Å²) in [5.41, 5.74) is 0. The molecule has 0 aromatic rings. The van der Waals surface area contributed by atoms with Crippen LogP contribution in [0.1, 0.15) is 20.8 Å². The van der Waals surface area contributed by atoms with E-state index in [4.69, 9.17) is 12.9 Å². The van der Waals surface area contributed by atoms with Crippen LogP contribution in [0, 0.1) is 0 Å². The molecular weight excluding hydrogens is 297 g/mol. The first-order chi connectivity index (χ1) is 7.95. The first kappa shape index (κ1) is 15.8. The molecule has 0 aliphatic carbocycles. The second-order valence-electron chi connectivity index (χ2n) is 3.94. The van der Waals surface area contributed by atoms with Crippen LogP contribution in [-0.4, -0.2) is 0 Å². The van der Waals surface area contributed by atoms with Gasteiger partial charge in [-0.2, -0.15) is 0 Å². The Kier molecular flexibility index (Phi) is 4.15. The van der Waals surface area contributed by atoms with Crippen molar-refractivity contribution in [1.29, 1.82) is 0 Å². The van der Waals surface area contributed by atoms with Gasteiger partial charge in [0.15, 0.2) is 0 Å². The number of hydrogen-bond acceptors (Lipinski definition) is 6. The van der Waals surface area contributed by atoms with E-state index in [-0.39, 0.29) is 15.9 Å². The average Bonchev–Trinajstić information content (AvgIpc) is 2.14. The summed E-state index contributed by atoms with van der Waals surface area (Å²) in [6.45, 7) is 14.4. The monoisotopic (exact) mass is 312 g/mol. The van der Waals surface area contributed by atoms with Crippen LogP contribution >= 0.6 is 22.8 Å². The molecule has 9 heteroatoms. The highest BCUT2D eigenvalue weighted by atomic mass is 31.3. The van der Waals surface area contributed by atoms with Crippen molar-refractivity contribution in [1.82, 2.24) is 0 Å². The van der Waals surface area contributed by atoms with E-state index >= 15 is 0 Å². The number of allylic oxidation sites excluding steroid dienone is 3. The lowest BCUT2D eigenvalue weighted by atomic mass is 10.8. The SMILES string of the molecule is C=C(C)P1(=O)OP(=O)(C(=C)C)OP(=O)(C(=C)C)O1. The summed E-state index contributed by atoms with van der Waals surface area (Å²) in [7, 11) is -12.0. The third kappa shape index (κ3) is 2.70. The van der Waals surface area contributed by atoms with Crippen LogP contribution in [0.15, 0.2) is 35.7 Å². The van der Waals surface area contributed by atoms with Crippen molar-refractivity contribution in [3.8, 4) is 0 Å². The Morgan fingerprint density at radius 2 is 0.833 bits per heavy atom. The molecule has 1 fully saturated rings. The van der Waals surface area contributed by atoms with Crippen molar-refractivity contribution in [3.63, 3.8) is 0 Å². The van der Waals surface area contributed by atoms with Gasteiger partial charge in [-0.3, -0.25) is 13.7 Å². The molecule has 0 amide bonds. The second kappa shape index (κ2) is 4.72. The third-order valence-corrected chi connectivity index (χ3v) is 10.0. The zero-order valence-electron chi connectivity index (χ0n) is 10.4. The van der Waals surface area contributed by atoms with Crippen molar-refractivity contribution < 1.29 is 26.6 Å². The van der Waals surface area contributed by atoms with Crippen LogP contribution in [0.25, 0.3) is 0 Å². The molecule has 0 bridgehead atoms. The Balaban J connectivity index is 3.43. The van der Waals surface area contributed by atoms with Crippen LogP contribution in [0.5, 0.6) is 0 Å². The molecule has 1 heterocycles. The average molecular weight is 312 g/mol. The van der Waals surface area contributed by atoms with Gasteiger partial charge in [0.25, 0.3) is 0 Å². The standard InChI is InChI=1S/C9H15O6P3/c1-7(2)16(10)13-17(11,8(3)4)15-18(12,14-16)9(5)6/h1,3,5H2,2,4,6H3. The van der Waals surface area contributed by atoms with Gasteiger partial charge in [-0.15, -0.1) is 0 Å². The van der Waals surface area contributed by atoms with Crippen LogP contribution in [0.2, 0.25) is 0 Å². The van der Waals surface area contributed by atoms with E-state index in [1.165, 1.54) is 20.8 Å². The Bertz CT molecular complexity index is 476. The normalized spacial score (nSPS) is 40.2. The lowest BCUT2D eigenvalue weighted by Gasteiger charge is -2.34. The number of hydrogen-bond donors (Lipinski definition) is 0. The highest BCUT2D eigenvalue weighted by molar-refractivity contribution is 7.84. The Morgan fingerprint density at radius 1 is 0.667 bits per heavy atom. The summed E-state index contributed by atoms with van der Waals surface area (Å²) in [5.74, 6) is 0. The summed E-state index contributed by atoms with van der Waals surface area (Å²) in [6, 6.07) is 0. The summed E-state index contributed by atoms with van der Waals surface area (Å²) in [4.78, 5) is 0. The van der Waals surface area contributed by atoms with Gasteiger partial charge in [-0.1, -0.05) is 19.7 Å². The highest BCUT2D eigenvalue weighted by Gasteiger charge is 2.54. The van der Waals surface area contributed by atoms with Crippen LogP contribution in [0.4, 0.5) is 0 Å². The lowest BCUT2D eigenvalue weighted by molar-refractivity contribution is 0.289. The Hall–Kier alpha value is -0.210. The molecule has 0 unspecified atom stereocenters. The minimum absolute atomic E-state index is 0.0197. The van der Waals surface area contributed by atoms with Gasteiger partial charge in [-0.25, -0.2) is 12.9 Å². The molecule has 0 aromatic carbocycles. The molecule has 18 heavy (non-hydrogen) atoms. The highest BCUT2D eigenvalue weighted by Crippen LogP contribution is 2.87. The molecule has 1 aliphatic rings. The van der Waals surface area contributed by atoms with E-state index in [1.54, 1.807) is 0 Å². The van der Waals surface area contributed by atoms with Crippen molar-refractivity contribution in [2.45, 2.75) is 20.8 Å². The molecule has 0 radical (unpaired) electrons. The molecule has 1 rings (SSSR count). The summed E-state index contributed by atoms with van der Waals surface area (Å²) in [5, 5.41) is -0.0590. The Labute approximate surface area is 106 Å². The van der Waals surface area contributed by atoms with E-state index in [1.807, 2.05) is 0 Å². The number of rotatable bonds is 3. The van der Waals surface area contributed by atoms with E-state index in [0.717, 1.165) is 0 Å². The van der Waals surface area contributed by atoms with Crippen molar-refractivity contribution in [3.05, 3.63) is 35.7 Å². The molecule has 1 saturated heterocycles. The van der Waals surface area contributed by atoms with Gasteiger partial charge < -0.3 is 0 Å². The first-order valence-corrected chi connectivity index (χ1v) is 9.50. The molecule has 0 aromatic heterocycles. The van der Waals surface area contributed by atoms with Crippen LogP contribution in [0.3, 0.4) is 0 Å². The first-order valence-electron chi connectivity index (χ1n) is 4.87. The molecule has 0 saturated carbocycles. The van der Waals surface area contributed by atoms with E-state index in [9.17, 15) is 13.7 Å². The molecular formula is C9H15O6P3. The van der Waals surface area contributed by atoms with Gasteiger partial charge in [0.05, 0.1) is 0 Å². The molecule has 1 aliphatic heterocycles. The van der Waals surface area contributed by atoms with E-state index in [2.05, 4.69) is 19.7 Å². The maximum Gasteiger partial charge on any atom is 0.371 e. The fourth-order valence-corrected chi connectivity index (χ4v) is 8.79. The van der Waals surface area contributed by atoms with Crippen molar-refractivity contribution in [2.24, 2.45) is 0 Å². The largest absolute Gasteiger partial charge is 0.371 e. The van der Waals surface area contributed by atoms with Gasteiger partial charge in [-0.05, 0) is 20.8 Å². The zero-order chi connectivity index (χ0) is 14.4. The van der Waals surface area contributed by atoms with Gasteiger partial charge in [0.1, 0.15) is 0 Å². The quantitative estimate of drug-likeness (QED) is 0.664. The minimum atomic E-state index is -4.00. The van der Waals surface area contributed by atoms with Gasteiger partial charge in [0, 0.05) is 15.9 Å². The summed E-state index contributed by atoms with van der Waals surface area (Å²) in [6.07, 6.45) is 0. The minimum Gasteiger partial charge on any atom is -0.254 e. The summed E-state index contributed by atoms with van der Waals surface area (Å²) >= 11 is 0. The second-order valence-corrected chi connectivity index (χ2v) is 11.2. The third-order valence-electron chi connectivity index (χ3n) is 2.05. The molecule has 0 spiro atoms. The molecule has 0 N–H and O–H groups in total. The zero-order valence-corrected chi connectivity index (χ0v) is 13.1. The van der Waals surface area contributed by atoms with Crippen molar-refractivity contribution in [2.75, 3.05) is 0 Å².